The number of hydrogen-bond donors (Lipinski definition) is 3. The van der Waals surface area contributed by atoms with Crippen LogP contribution in [0, 0.1) is 0 Å². The molecule has 30 heavy (non-hydrogen) atoms. The van der Waals surface area contributed by atoms with E-state index in [0.717, 1.165) is 11.3 Å². The molecule has 4 rings (SSSR count). The van der Waals surface area contributed by atoms with Crippen molar-refractivity contribution in [3.63, 3.8) is 0 Å². The van der Waals surface area contributed by atoms with Crippen LogP contribution in [0.3, 0.4) is 0 Å². The van der Waals surface area contributed by atoms with Crippen LogP contribution in [0.5, 0.6) is 23.0 Å². The van der Waals surface area contributed by atoms with E-state index in [2.05, 4.69) is 20.8 Å². The maximum atomic E-state index is 12.7. The van der Waals surface area contributed by atoms with E-state index in [1.165, 1.54) is 7.11 Å². The molecule has 2 amide bonds. The minimum Gasteiger partial charge on any atom is -0.497 e. The standard InChI is InChI=1S/C21H22N4O5/c1-4-14-20(19(25-24-14)12-5-8-16-18(9-12)30-11-29-16)23-21(26)22-15-7-6-13(27-2)10-17(15)28-3/h5-10H,4,11H2,1-3H3,(H,24,25)(H2,22,23,26). The smallest absolute Gasteiger partial charge is 0.323 e. The van der Waals surface area contributed by atoms with E-state index in [-0.39, 0.29) is 6.79 Å². The van der Waals surface area contributed by atoms with Gasteiger partial charge >= 0.3 is 6.03 Å². The third-order valence-corrected chi connectivity index (χ3v) is 4.74. The molecule has 1 aliphatic heterocycles. The molecule has 3 N–H and O–H groups in total. The third kappa shape index (κ3) is 3.69. The van der Waals surface area contributed by atoms with Gasteiger partial charge in [0.2, 0.25) is 6.79 Å². The minimum absolute atomic E-state index is 0.191. The van der Waals surface area contributed by atoms with Crippen LogP contribution in [0.1, 0.15) is 12.6 Å². The van der Waals surface area contributed by atoms with Gasteiger partial charge in [-0.1, -0.05) is 6.92 Å². The number of fused-ring (bicyclic) bond motifs is 1. The van der Waals surface area contributed by atoms with Gasteiger partial charge in [-0.2, -0.15) is 5.10 Å². The van der Waals surface area contributed by atoms with Gasteiger partial charge in [0.05, 0.1) is 31.3 Å². The fourth-order valence-electron chi connectivity index (χ4n) is 3.19. The summed E-state index contributed by atoms with van der Waals surface area (Å²) in [4.78, 5) is 12.7. The van der Waals surface area contributed by atoms with Gasteiger partial charge in [0.1, 0.15) is 17.2 Å². The first-order valence-corrected chi connectivity index (χ1v) is 9.40. The molecule has 3 aromatic rings. The number of carbonyl (C=O) groups is 1. The molecule has 0 atom stereocenters. The molecule has 0 saturated heterocycles. The number of H-pyrrole nitrogens is 1. The third-order valence-electron chi connectivity index (χ3n) is 4.74. The van der Waals surface area contributed by atoms with E-state index in [1.54, 1.807) is 25.3 Å². The van der Waals surface area contributed by atoms with Crippen molar-refractivity contribution in [1.82, 2.24) is 10.2 Å². The fourth-order valence-corrected chi connectivity index (χ4v) is 3.19. The van der Waals surface area contributed by atoms with Gasteiger partial charge in [0.15, 0.2) is 11.5 Å². The number of nitrogens with zero attached hydrogens (tertiary/aromatic N) is 1. The Morgan fingerprint density at radius 3 is 2.70 bits per heavy atom. The lowest BCUT2D eigenvalue weighted by Crippen LogP contribution is -2.20. The van der Waals surface area contributed by atoms with Crippen LogP contribution in [0.15, 0.2) is 36.4 Å². The molecule has 0 unspecified atom stereocenters. The molecule has 156 valence electrons. The second-order valence-corrected chi connectivity index (χ2v) is 6.49. The number of aromatic amines is 1. The Balaban J connectivity index is 1.59. The second kappa shape index (κ2) is 8.24. The van der Waals surface area contributed by atoms with Crippen molar-refractivity contribution in [3.8, 4) is 34.3 Å². The first kappa shape index (κ1) is 19.4. The van der Waals surface area contributed by atoms with E-state index in [0.29, 0.717) is 46.5 Å². The number of carbonyl (C=O) groups excluding carboxylic acids is 1. The van der Waals surface area contributed by atoms with Crippen molar-refractivity contribution in [3.05, 3.63) is 42.1 Å². The average Bonchev–Trinajstić information content (AvgIpc) is 3.39. The van der Waals surface area contributed by atoms with Gasteiger partial charge in [-0.05, 0) is 36.8 Å². The zero-order valence-electron chi connectivity index (χ0n) is 16.9. The average molecular weight is 410 g/mol. The number of aryl methyl sites for hydroxylation is 1. The molecule has 0 spiro atoms. The van der Waals surface area contributed by atoms with Crippen molar-refractivity contribution in [2.45, 2.75) is 13.3 Å². The monoisotopic (exact) mass is 410 g/mol. The highest BCUT2D eigenvalue weighted by molar-refractivity contribution is 6.03. The lowest BCUT2D eigenvalue weighted by molar-refractivity contribution is 0.174. The molecule has 2 aromatic carbocycles. The Labute approximate surface area is 173 Å². The summed E-state index contributed by atoms with van der Waals surface area (Å²) in [6.45, 7) is 2.17. The largest absolute Gasteiger partial charge is 0.497 e. The van der Waals surface area contributed by atoms with Gasteiger partial charge in [-0.25, -0.2) is 4.79 Å². The van der Waals surface area contributed by atoms with Crippen molar-refractivity contribution >= 4 is 17.4 Å². The number of aromatic nitrogens is 2. The SMILES string of the molecule is CCc1[nH]nc(-c2ccc3c(c2)OCO3)c1NC(=O)Nc1ccc(OC)cc1OC. The number of amides is 2. The number of urea groups is 1. The summed E-state index contributed by atoms with van der Waals surface area (Å²) >= 11 is 0. The van der Waals surface area contributed by atoms with Gasteiger partial charge in [0.25, 0.3) is 0 Å². The summed E-state index contributed by atoms with van der Waals surface area (Å²) in [6.07, 6.45) is 0.666. The van der Waals surface area contributed by atoms with E-state index in [9.17, 15) is 4.79 Å². The van der Waals surface area contributed by atoms with E-state index in [4.69, 9.17) is 18.9 Å². The molecule has 0 radical (unpaired) electrons. The van der Waals surface area contributed by atoms with Crippen LogP contribution in [-0.2, 0) is 6.42 Å². The highest BCUT2D eigenvalue weighted by atomic mass is 16.7. The Hall–Kier alpha value is -3.88. The first-order valence-electron chi connectivity index (χ1n) is 9.40. The highest BCUT2D eigenvalue weighted by Crippen LogP contribution is 2.38. The number of anilines is 2. The number of hydrogen-bond acceptors (Lipinski definition) is 6. The van der Waals surface area contributed by atoms with Gasteiger partial charge in [-0.3, -0.25) is 5.10 Å². The van der Waals surface area contributed by atoms with Crippen molar-refractivity contribution < 1.29 is 23.7 Å². The van der Waals surface area contributed by atoms with Crippen LogP contribution < -0.4 is 29.6 Å². The molecule has 0 aliphatic carbocycles. The Bertz CT molecular complexity index is 1080. The topological polar surface area (TPSA) is 107 Å². The maximum Gasteiger partial charge on any atom is 0.323 e. The maximum absolute atomic E-state index is 12.7. The van der Waals surface area contributed by atoms with Crippen LogP contribution in [0.25, 0.3) is 11.3 Å². The van der Waals surface area contributed by atoms with Crippen molar-refractivity contribution in [1.29, 1.82) is 0 Å². The van der Waals surface area contributed by atoms with E-state index in [1.807, 2.05) is 25.1 Å². The summed E-state index contributed by atoms with van der Waals surface area (Å²) in [5.74, 6) is 2.45. The van der Waals surface area contributed by atoms with Crippen LogP contribution in [-0.4, -0.2) is 37.2 Å². The second-order valence-electron chi connectivity index (χ2n) is 6.49. The number of nitrogens with one attached hydrogen (secondary N) is 3. The quantitative estimate of drug-likeness (QED) is 0.566. The van der Waals surface area contributed by atoms with Gasteiger partial charge < -0.3 is 29.6 Å². The predicted molar refractivity (Wildman–Crippen MR) is 112 cm³/mol. The van der Waals surface area contributed by atoms with Crippen LogP contribution >= 0.6 is 0 Å². The number of methoxy groups -OCH3 is 2. The molecule has 0 saturated carbocycles. The molecular weight excluding hydrogens is 388 g/mol. The lowest BCUT2D eigenvalue weighted by atomic mass is 10.1. The molecule has 9 nitrogen and oxygen atoms in total. The molecule has 1 aromatic heterocycles. The molecule has 0 bridgehead atoms. The fraction of sp³-hybridized carbons (Fsp3) is 0.238. The molecule has 1 aliphatic rings. The number of ether oxygens (including phenoxy) is 4. The zero-order chi connectivity index (χ0) is 21.1. The number of benzene rings is 2. The molecular formula is C21H22N4O5. The molecule has 9 heteroatoms. The lowest BCUT2D eigenvalue weighted by Gasteiger charge is -2.13. The van der Waals surface area contributed by atoms with Crippen molar-refractivity contribution in [2.24, 2.45) is 0 Å². The first-order chi connectivity index (χ1) is 14.6. The van der Waals surface area contributed by atoms with Crippen molar-refractivity contribution in [2.75, 3.05) is 31.6 Å². The van der Waals surface area contributed by atoms with E-state index >= 15 is 0 Å². The Morgan fingerprint density at radius 2 is 1.93 bits per heavy atom. The predicted octanol–water partition coefficient (Wildman–Crippen LogP) is 4.03. The van der Waals surface area contributed by atoms with E-state index < -0.39 is 6.03 Å². The minimum atomic E-state index is -0.420. The number of rotatable bonds is 6. The highest BCUT2D eigenvalue weighted by Gasteiger charge is 2.20. The molecule has 0 fully saturated rings. The summed E-state index contributed by atoms with van der Waals surface area (Å²) in [5, 5.41) is 13.1. The zero-order valence-corrected chi connectivity index (χ0v) is 16.9. The summed E-state index contributed by atoms with van der Waals surface area (Å²) in [6, 6.07) is 10.3. The Kier molecular flexibility index (Phi) is 5.34. The van der Waals surface area contributed by atoms with Gasteiger partial charge in [-0.15, -0.1) is 0 Å². The summed E-state index contributed by atoms with van der Waals surface area (Å²) < 4.78 is 21.3. The van der Waals surface area contributed by atoms with Gasteiger partial charge in [0, 0.05) is 11.6 Å². The summed E-state index contributed by atoms with van der Waals surface area (Å²) in [5.41, 5.74) is 3.33. The van der Waals surface area contributed by atoms with Crippen LogP contribution in [0.2, 0.25) is 0 Å². The Morgan fingerprint density at radius 1 is 1.10 bits per heavy atom. The van der Waals surface area contributed by atoms with Crippen LogP contribution in [0.4, 0.5) is 16.2 Å². The molecule has 2 heterocycles. The normalized spacial score (nSPS) is 11.8. The summed E-state index contributed by atoms with van der Waals surface area (Å²) in [7, 11) is 3.10.